The molecular weight excluding hydrogens is 1000 g/mol. The quantitative estimate of drug-likeness (QED) is 0.0154. The Kier molecular flexibility index (Phi) is 25.8. The number of amides is 7. The Morgan fingerprint density at radius 1 is 0.462 bits per heavy atom. The van der Waals surface area contributed by atoms with E-state index in [1.807, 2.05) is 97.9 Å². The maximum atomic E-state index is 14.2. The minimum absolute atomic E-state index is 0.0184. The number of ether oxygens (including phenoxy) is 5. The van der Waals surface area contributed by atoms with Crippen LogP contribution in [0.4, 0.5) is 25.8 Å². The zero-order valence-electron chi connectivity index (χ0n) is 44.4. The third-order valence-corrected chi connectivity index (χ3v) is 12.1. The van der Waals surface area contributed by atoms with Gasteiger partial charge in [0.15, 0.2) is 0 Å². The van der Waals surface area contributed by atoms with E-state index in [2.05, 4.69) is 37.2 Å². The molecule has 0 aliphatic heterocycles. The molecule has 78 heavy (non-hydrogen) atoms. The number of nitrogens with one attached hydrogen (secondary N) is 7. The van der Waals surface area contributed by atoms with Gasteiger partial charge in [-0.3, -0.25) is 19.2 Å². The molecule has 5 aromatic carbocycles. The summed E-state index contributed by atoms with van der Waals surface area (Å²) < 4.78 is 26.8. The van der Waals surface area contributed by atoms with Crippen LogP contribution in [0.5, 0.6) is 11.5 Å². The molecule has 0 saturated carbocycles. The highest BCUT2D eigenvalue weighted by molar-refractivity contribution is 6.05. The zero-order valence-corrected chi connectivity index (χ0v) is 44.4. The van der Waals surface area contributed by atoms with E-state index in [1.165, 1.54) is 32.4 Å². The number of alkyl carbamates (subject to hydrolysis) is 3. The summed E-state index contributed by atoms with van der Waals surface area (Å²) in [5.41, 5.74) is 9.50. The second-order valence-electron chi connectivity index (χ2n) is 18.3. The van der Waals surface area contributed by atoms with Crippen molar-refractivity contribution in [2.45, 2.75) is 103 Å². The van der Waals surface area contributed by atoms with Crippen molar-refractivity contribution in [2.24, 2.45) is 5.73 Å². The van der Waals surface area contributed by atoms with Gasteiger partial charge in [0.25, 0.3) is 11.8 Å². The molecule has 9 N–H and O–H groups in total. The van der Waals surface area contributed by atoms with Crippen LogP contribution in [-0.2, 0) is 43.6 Å². The van der Waals surface area contributed by atoms with Crippen molar-refractivity contribution in [3.63, 3.8) is 0 Å². The summed E-state index contributed by atoms with van der Waals surface area (Å²) in [6.07, 6.45) is 2.62. The van der Waals surface area contributed by atoms with Crippen LogP contribution in [0.2, 0.25) is 0 Å². The molecule has 0 radical (unpaired) electrons. The molecule has 0 aromatic heterocycles. The molecule has 7 amide bonds. The lowest BCUT2D eigenvalue weighted by Crippen LogP contribution is -2.44. The fraction of sp³-hybridized carbons (Fsp3) is 0.362. The summed E-state index contributed by atoms with van der Waals surface area (Å²) in [7, 11) is 2.81. The average Bonchev–Trinajstić information content (AvgIpc) is 3.45. The molecule has 0 aliphatic carbocycles. The number of benzene rings is 5. The zero-order chi connectivity index (χ0) is 55.9. The van der Waals surface area contributed by atoms with Gasteiger partial charge in [0, 0.05) is 37.1 Å². The van der Waals surface area contributed by atoms with Crippen molar-refractivity contribution in [3.8, 4) is 11.5 Å². The van der Waals surface area contributed by atoms with E-state index < -0.39 is 54.0 Å². The van der Waals surface area contributed by atoms with Gasteiger partial charge in [0.05, 0.1) is 31.4 Å². The van der Waals surface area contributed by atoms with Crippen LogP contribution in [0, 0.1) is 0 Å². The molecule has 0 heterocycles. The highest BCUT2D eigenvalue weighted by Gasteiger charge is 2.25. The van der Waals surface area contributed by atoms with Crippen molar-refractivity contribution in [1.29, 1.82) is 0 Å². The highest BCUT2D eigenvalue weighted by Crippen LogP contribution is 2.26. The van der Waals surface area contributed by atoms with Crippen molar-refractivity contribution < 1.29 is 57.2 Å². The van der Waals surface area contributed by atoms with Crippen LogP contribution in [0.3, 0.4) is 0 Å². The first kappa shape index (κ1) is 60.2. The Labute approximate surface area is 455 Å². The maximum absolute atomic E-state index is 14.2. The van der Waals surface area contributed by atoms with Crippen LogP contribution in [-0.4, -0.2) is 93.9 Å². The van der Waals surface area contributed by atoms with Gasteiger partial charge in [-0.15, -0.1) is 0 Å². The Balaban J connectivity index is 1.16. The number of carbonyl (C=O) groups excluding carboxylic acids is 7. The number of rotatable bonds is 31. The second-order valence-corrected chi connectivity index (χ2v) is 18.3. The SMILES string of the molecule is COc1ccc(NC(=O)[C@H](CCCCNC(=O)OCc2ccccc2)NC(=O)c2cc(NC(=O)[C@@H](N)CCCCNC(=O)OCc3ccccc3)ccc2OC)cc1C(=O)N[C@H](C)CCCCNC(=O)OCc1ccccc1. The summed E-state index contributed by atoms with van der Waals surface area (Å²) in [4.78, 5) is 91.8. The monoisotopic (exact) mass is 1070 g/mol. The van der Waals surface area contributed by atoms with Gasteiger partial charge >= 0.3 is 18.3 Å². The first-order valence-corrected chi connectivity index (χ1v) is 26.0. The largest absolute Gasteiger partial charge is 0.496 e. The summed E-state index contributed by atoms with van der Waals surface area (Å²) in [5.74, 6) is -1.80. The molecule has 416 valence electrons. The molecule has 20 heteroatoms. The van der Waals surface area contributed by atoms with Crippen LogP contribution in [0.15, 0.2) is 127 Å². The number of carbonyl (C=O) groups is 7. The first-order valence-electron chi connectivity index (χ1n) is 26.0. The Morgan fingerprint density at radius 2 is 0.846 bits per heavy atom. The molecule has 5 rings (SSSR count). The predicted octanol–water partition coefficient (Wildman–Crippen LogP) is 8.12. The van der Waals surface area contributed by atoms with Crippen LogP contribution in [0.25, 0.3) is 0 Å². The summed E-state index contributed by atoms with van der Waals surface area (Å²) >= 11 is 0. The van der Waals surface area contributed by atoms with Crippen LogP contribution in [0.1, 0.15) is 102 Å². The maximum Gasteiger partial charge on any atom is 0.407 e. The topological polar surface area (TPSA) is 276 Å². The molecule has 0 fully saturated rings. The minimum Gasteiger partial charge on any atom is -0.496 e. The smallest absolute Gasteiger partial charge is 0.407 e. The lowest BCUT2D eigenvalue weighted by atomic mass is 10.1. The van der Waals surface area contributed by atoms with E-state index in [0.29, 0.717) is 64.5 Å². The molecule has 0 aliphatic rings. The van der Waals surface area contributed by atoms with Crippen molar-refractivity contribution in [1.82, 2.24) is 26.6 Å². The molecule has 3 atom stereocenters. The van der Waals surface area contributed by atoms with Crippen molar-refractivity contribution >= 4 is 53.3 Å². The molecule has 0 saturated heterocycles. The Hall–Kier alpha value is -8.65. The second kappa shape index (κ2) is 33.4. The van der Waals surface area contributed by atoms with Gasteiger partial charge < -0.3 is 66.6 Å². The van der Waals surface area contributed by atoms with Crippen molar-refractivity contribution in [3.05, 3.63) is 155 Å². The van der Waals surface area contributed by atoms with Gasteiger partial charge in [-0.2, -0.15) is 0 Å². The summed E-state index contributed by atoms with van der Waals surface area (Å²) in [6.45, 7) is 3.23. The van der Waals surface area contributed by atoms with Gasteiger partial charge in [0.1, 0.15) is 37.4 Å². The lowest BCUT2D eigenvalue weighted by Gasteiger charge is -2.21. The highest BCUT2D eigenvalue weighted by atomic mass is 16.6. The number of hydrogen-bond acceptors (Lipinski definition) is 13. The number of methoxy groups -OCH3 is 2. The fourth-order valence-electron chi connectivity index (χ4n) is 7.83. The number of hydrogen-bond donors (Lipinski definition) is 8. The lowest BCUT2D eigenvalue weighted by molar-refractivity contribution is -0.118. The molecular formula is C58H72N8O12. The van der Waals surface area contributed by atoms with E-state index in [9.17, 15) is 33.6 Å². The number of nitrogens with two attached hydrogens (primary N) is 1. The van der Waals surface area contributed by atoms with E-state index in [1.54, 1.807) is 18.2 Å². The Morgan fingerprint density at radius 3 is 1.27 bits per heavy atom. The van der Waals surface area contributed by atoms with E-state index in [4.69, 9.17) is 29.4 Å². The molecule has 0 unspecified atom stereocenters. The molecule has 5 aromatic rings. The molecule has 20 nitrogen and oxygen atoms in total. The Bertz CT molecular complexity index is 2700. The van der Waals surface area contributed by atoms with Gasteiger partial charge in [-0.05, 0) is 118 Å². The third kappa shape index (κ3) is 21.9. The van der Waals surface area contributed by atoms with E-state index in [0.717, 1.165) is 16.7 Å². The van der Waals surface area contributed by atoms with Gasteiger partial charge in [-0.25, -0.2) is 14.4 Å². The summed E-state index contributed by atoms with van der Waals surface area (Å²) in [6, 6.07) is 34.7. The molecule has 0 spiro atoms. The number of unbranched alkanes of at least 4 members (excludes halogenated alkanes) is 3. The van der Waals surface area contributed by atoms with Gasteiger partial charge in [0.2, 0.25) is 11.8 Å². The van der Waals surface area contributed by atoms with Crippen LogP contribution < -0.4 is 52.4 Å². The number of anilines is 2. The van der Waals surface area contributed by atoms with E-state index >= 15 is 0 Å². The summed E-state index contributed by atoms with van der Waals surface area (Å²) in [5, 5.41) is 19.5. The first-order chi connectivity index (χ1) is 37.8. The van der Waals surface area contributed by atoms with Gasteiger partial charge in [-0.1, -0.05) is 91.0 Å². The average molecular weight is 1070 g/mol. The third-order valence-electron chi connectivity index (χ3n) is 12.1. The molecule has 0 bridgehead atoms. The standard InChI is InChI=1S/C58H72N8O12/c1-40(19-13-16-32-60-56(71)76-37-41-20-7-4-8-21-41)63-52(67)46-36-45(29-31-50(46)74-2)65-55(70)49(27-15-18-34-62-58(73)78-39-43-24-11-6-12-25-43)66-53(68)47-35-44(28-30-51(47)75-3)64-54(69)48(59)26-14-17-33-61-57(72)77-38-42-22-9-5-10-23-42/h4-12,20-25,28-31,35-36,40,48-49H,13-19,26-27,32-34,37-39,59H2,1-3H3,(H,60,71)(H,61,72)(H,62,73)(H,63,67)(H,64,69)(H,65,70)(H,66,68)/t40-,48+,49+/m1/s1. The van der Waals surface area contributed by atoms with Crippen molar-refractivity contribution in [2.75, 3.05) is 44.5 Å². The van der Waals surface area contributed by atoms with Crippen LogP contribution >= 0.6 is 0 Å². The fourth-order valence-corrected chi connectivity index (χ4v) is 7.83. The minimum atomic E-state index is -1.14. The van der Waals surface area contributed by atoms with E-state index in [-0.39, 0.29) is 72.8 Å². The normalized spacial score (nSPS) is 11.8. The predicted molar refractivity (Wildman–Crippen MR) is 295 cm³/mol.